The summed E-state index contributed by atoms with van der Waals surface area (Å²) in [4.78, 5) is 19.4. The van der Waals surface area contributed by atoms with Crippen molar-refractivity contribution in [3.8, 4) is 11.1 Å². The molecule has 0 unspecified atom stereocenters. The molecule has 1 aliphatic carbocycles. The van der Waals surface area contributed by atoms with Crippen molar-refractivity contribution in [1.82, 2.24) is 14.7 Å². The van der Waals surface area contributed by atoms with E-state index < -0.39 is 0 Å². The van der Waals surface area contributed by atoms with E-state index in [2.05, 4.69) is 58.3 Å². The number of benzene rings is 2. The van der Waals surface area contributed by atoms with Crippen molar-refractivity contribution in [3.05, 3.63) is 59.7 Å². The van der Waals surface area contributed by atoms with Gasteiger partial charge in [-0.15, -0.1) is 0 Å². The number of piperazine rings is 1. The van der Waals surface area contributed by atoms with Gasteiger partial charge >= 0.3 is 0 Å². The number of carbonyl (C=O) groups excluding carboxylic acids is 1. The molecule has 2 aliphatic heterocycles. The molecule has 2 fully saturated rings. The summed E-state index contributed by atoms with van der Waals surface area (Å²) in [6, 6.07) is 17.9. The normalized spacial score (nSPS) is 20.8. The maximum atomic E-state index is 12.5. The summed E-state index contributed by atoms with van der Waals surface area (Å²) in [5.74, 6) is 0.244. The van der Waals surface area contributed by atoms with Crippen LogP contribution < -0.4 is 0 Å². The molecular weight excluding hydrogens is 350 g/mol. The molecule has 2 saturated heterocycles. The lowest BCUT2D eigenvalue weighted by atomic mass is 10.0. The molecule has 5 heteroatoms. The third kappa shape index (κ3) is 3.24. The molecule has 2 aromatic rings. The molecular formula is C23H27N3O2. The van der Waals surface area contributed by atoms with Crippen LogP contribution in [0.15, 0.2) is 48.5 Å². The average molecular weight is 377 g/mol. The van der Waals surface area contributed by atoms with Crippen LogP contribution in [0.25, 0.3) is 11.1 Å². The Bertz CT molecular complexity index is 809. The molecule has 3 aliphatic rings. The molecule has 0 radical (unpaired) electrons. The minimum absolute atomic E-state index is 0.244. The zero-order chi connectivity index (χ0) is 18.9. The summed E-state index contributed by atoms with van der Waals surface area (Å²) in [5.41, 5.74) is 5.57. The SMILES string of the molecule is O=C(CN1CCN(C2c3ccccc3-c3ccccc32)CC1)N1CCOCC1. The first-order valence-electron chi connectivity index (χ1n) is 10.3. The van der Waals surface area contributed by atoms with Crippen molar-refractivity contribution in [3.63, 3.8) is 0 Å². The molecule has 0 atom stereocenters. The minimum atomic E-state index is 0.244. The number of hydrogen-bond donors (Lipinski definition) is 0. The molecule has 0 bridgehead atoms. The van der Waals surface area contributed by atoms with Crippen LogP contribution in [0, 0.1) is 0 Å². The number of carbonyl (C=O) groups is 1. The van der Waals surface area contributed by atoms with Gasteiger partial charge in [-0.1, -0.05) is 48.5 Å². The Kier molecular flexibility index (Phi) is 4.89. The van der Waals surface area contributed by atoms with Gasteiger partial charge < -0.3 is 9.64 Å². The Hall–Kier alpha value is -2.21. The lowest BCUT2D eigenvalue weighted by molar-refractivity contribution is -0.136. The van der Waals surface area contributed by atoms with Crippen molar-refractivity contribution in [2.45, 2.75) is 6.04 Å². The molecule has 0 saturated carbocycles. The van der Waals surface area contributed by atoms with E-state index in [1.54, 1.807) is 0 Å². The fraction of sp³-hybridized carbons (Fsp3) is 0.435. The molecule has 1 amide bonds. The summed E-state index contributed by atoms with van der Waals surface area (Å²) in [6.07, 6.45) is 0. The van der Waals surface area contributed by atoms with Crippen LogP contribution in [0.5, 0.6) is 0 Å². The number of morpholine rings is 1. The second-order valence-electron chi connectivity index (χ2n) is 7.88. The van der Waals surface area contributed by atoms with Gasteiger partial charge in [0.1, 0.15) is 0 Å². The molecule has 0 N–H and O–H groups in total. The highest BCUT2D eigenvalue weighted by molar-refractivity contribution is 5.79. The summed E-state index contributed by atoms with van der Waals surface area (Å²) < 4.78 is 5.35. The number of ether oxygens (including phenoxy) is 1. The highest BCUT2D eigenvalue weighted by atomic mass is 16.5. The maximum absolute atomic E-state index is 12.5. The first-order chi connectivity index (χ1) is 13.8. The quantitative estimate of drug-likeness (QED) is 0.822. The first-order valence-corrected chi connectivity index (χ1v) is 10.3. The monoisotopic (exact) mass is 377 g/mol. The van der Waals surface area contributed by atoms with Crippen LogP contribution in [0.4, 0.5) is 0 Å². The lowest BCUT2D eigenvalue weighted by Crippen LogP contribution is -2.52. The number of fused-ring (bicyclic) bond motifs is 3. The van der Waals surface area contributed by atoms with E-state index in [-0.39, 0.29) is 5.91 Å². The third-order valence-electron chi connectivity index (χ3n) is 6.30. The van der Waals surface area contributed by atoms with Gasteiger partial charge in [0.05, 0.1) is 25.8 Å². The number of hydrogen-bond acceptors (Lipinski definition) is 4. The zero-order valence-corrected chi connectivity index (χ0v) is 16.2. The molecule has 0 spiro atoms. The van der Waals surface area contributed by atoms with E-state index >= 15 is 0 Å². The maximum Gasteiger partial charge on any atom is 0.236 e. The van der Waals surface area contributed by atoms with Crippen LogP contribution >= 0.6 is 0 Å². The first kappa shape index (κ1) is 17.9. The van der Waals surface area contributed by atoms with Crippen molar-refractivity contribution < 1.29 is 9.53 Å². The Morgan fingerprint density at radius 2 is 1.39 bits per heavy atom. The Balaban J connectivity index is 1.26. The fourth-order valence-electron chi connectivity index (χ4n) is 4.81. The predicted octanol–water partition coefficient (Wildman–Crippen LogP) is 2.23. The van der Waals surface area contributed by atoms with Crippen LogP contribution in [-0.4, -0.2) is 79.6 Å². The number of nitrogens with zero attached hydrogens (tertiary/aromatic N) is 3. The number of rotatable bonds is 3. The van der Waals surface area contributed by atoms with Crippen LogP contribution in [-0.2, 0) is 9.53 Å². The smallest absolute Gasteiger partial charge is 0.236 e. The van der Waals surface area contributed by atoms with Crippen molar-refractivity contribution in [2.24, 2.45) is 0 Å². The summed E-state index contributed by atoms with van der Waals surface area (Å²) in [6.45, 7) is 7.19. The van der Waals surface area contributed by atoms with Crippen molar-refractivity contribution in [1.29, 1.82) is 0 Å². The molecule has 2 aromatic carbocycles. The molecule has 28 heavy (non-hydrogen) atoms. The van der Waals surface area contributed by atoms with Gasteiger partial charge in [-0.25, -0.2) is 0 Å². The topological polar surface area (TPSA) is 36.0 Å². The lowest BCUT2D eigenvalue weighted by Gasteiger charge is -2.39. The van der Waals surface area contributed by atoms with E-state index in [1.165, 1.54) is 22.3 Å². The van der Waals surface area contributed by atoms with Crippen molar-refractivity contribution in [2.75, 3.05) is 59.0 Å². The van der Waals surface area contributed by atoms with E-state index in [4.69, 9.17) is 4.74 Å². The summed E-state index contributed by atoms with van der Waals surface area (Å²) >= 11 is 0. The molecule has 2 heterocycles. The largest absolute Gasteiger partial charge is 0.378 e. The van der Waals surface area contributed by atoms with Crippen LogP contribution in [0.2, 0.25) is 0 Å². The van der Waals surface area contributed by atoms with Gasteiger partial charge in [-0.3, -0.25) is 14.6 Å². The Morgan fingerprint density at radius 3 is 2.00 bits per heavy atom. The van der Waals surface area contributed by atoms with E-state index in [1.807, 2.05) is 4.90 Å². The highest BCUT2D eigenvalue weighted by Gasteiger charge is 2.34. The highest BCUT2D eigenvalue weighted by Crippen LogP contribution is 2.46. The van der Waals surface area contributed by atoms with Gasteiger partial charge in [0.15, 0.2) is 0 Å². The predicted molar refractivity (Wildman–Crippen MR) is 109 cm³/mol. The second-order valence-corrected chi connectivity index (χ2v) is 7.88. The second kappa shape index (κ2) is 7.66. The molecule has 5 rings (SSSR count). The molecule has 0 aromatic heterocycles. The summed E-state index contributed by atoms with van der Waals surface area (Å²) in [7, 11) is 0. The van der Waals surface area contributed by atoms with E-state index in [0.717, 1.165) is 39.3 Å². The molecule has 146 valence electrons. The standard InChI is InChI=1S/C23H27N3O2/c27-22(25-13-15-28-16-14-25)17-24-9-11-26(12-10-24)23-20-7-3-1-5-18(20)19-6-2-4-8-21(19)23/h1-8,23H,9-17H2. The minimum Gasteiger partial charge on any atom is -0.378 e. The van der Waals surface area contributed by atoms with Gasteiger partial charge in [0, 0.05) is 39.3 Å². The average Bonchev–Trinajstić information content (AvgIpc) is 3.09. The van der Waals surface area contributed by atoms with Crippen LogP contribution in [0.1, 0.15) is 17.2 Å². The summed E-state index contributed by atoms with van der Waals surface area (Å²) in [5, 5.41) is 0. The van der Waals surface area contributed by atoms with Gasteiger partial charge in [-0.2, -0.15) is 0 Å². The molecule has 5 nitrogen and oxygen atoms in total. The van der Waals surface area contributed by atoms with E-state index in [0.29, 0.717) is 25.8 Å². The fourth-order valence-corrected chi connectivity index (χ4v) is 4.81. The Labute approximate surface area is 166 Å². The Morgan fingerprint density at radius 1 is 0.821 bits per heavy atom. The van der Waals surface area contributed by atoms with Crippen molar-refractivity contribution >= 4 is 5.91 Å². The van der Waals surface area contributed by atoms with Gasteiger partial charge in [0.25, 0.3) is 0 Å². The van der Waals surface area contributed by atoms with Gasteiger partial charge in [0.2, 0.25) is 5.91 Å². The third-order valence-corrected chi connectivity index (χ3v) is 6.30. The van der Waals surface area contributed by atoms with Gasteiger partial charge in [-0.05, 0) is 22.3 Å². The van der Waals surface area contributed by atoms with Crippen LogP contribution in [0.3, 0.4) is 0 Å². The van der Waals surface area contributed by atoms with E-state index in [9.17, 15) is 4.79 Å². The number of amides is 1. The zero-order valence-electron chi connectivity index (χ0n) is 16.2.